The summed E-state index contributed by atoms with van der Waals surface area (Å²) < 4.78 is 0. The topological polar surface area (TPSA) is 38.7 Å². The molecule has 0 unspecified atom stereocenters. The Morgan fingerprint density at radius 3 is 0.855 bits per heavy atom. The molecule has 0 bridgehead atoms. The molecule has 2 aliphatic heterocycles. The average molecular weight is 966 g/mol. The van der Waals surface area contributed by atoms with Gasteiger partial charge in [-0.2, -0.15) is 0 Å². The van der Waals surface area contributed by atoms with Crippen molar-refractivity contribution in [2.24, 2.45) is 0 Å². The summed E-state index contributed by atoms with van der Waals surface area (Å²) in [4.78, 5) is 17.0. The minimum absolute atomic E-state index is 0.0685. The summed E-state index contributed by atoms with van der Waals surface area (Å²) in [6.45, 7) is 0.137. The highest BCUT2D eigenvalue weighted by Gasteiger charge is 2.40. The highest BCUT2D eigenvalue weighted by atomic mass is 15.0. The maximum absolute atomic E-state index is 5.81. The van der Waals surface area contributed by atoms with E-state index in [2.05, 4.69) is 285 Å². The van der Waals surface area contributed by atoms with Gasteiger partial charge in [-0.3, -0.25) is 0 Å². The Labute approximate surface area is 445 Å². The smallest absolute Gasteiger partial charge is 0.208 e. The zero-order chi connectivity index (χ0) is 50.4. The van der Waals surface area contributed by atoms with E-state index in [9.17, 15) is 0 Å². The van der Waals surface area contributed by atoms with E-state index >= 15 is 0 Å². The van der Waals surface area contributed by atoms with Crippen LogP contribution in [0.2, 0.25) is 0 Å². The van der Waals surface area contributed by atoms with Gasteiger partial charge in [-0.1, -0.05) is 318 Å². The number of hydrogen-bond donors (Lipinski definition) is 0. The molecule has 0 N–H and O–H groups in total. The van der Waals surface area contributed by atoms with Gasteiger partial charge in [-0.25, -0.2) is 15.0 Å². The van der Waals surface area contributed by atoms with Crippen LogP contribution in [0.25, 0.3) is 56.4 Å². The SMILES string of the molecule is c1ccc(B2c3ccccc3C(c3c(-c4ccccc4)cccc3-c3nc(-c4ccccc4)nc(-c4cccc(-c5ccccc5)c4C4c5ccccc5B(c5ccccc5)c5ccccc54)n3)c3ccccc32)cc1. The number of rotatable bonds is 9. The fourth-order valence-electron chi connectivity index (χ4n) is 12.7. The van der Waals surface area contributed by atoms with Gasteiger partial charge in [0.25, 0.3) is 0 Å². The van der Waals surface area contributed by atoms with Crippen molar-refractivity contribution < 1.29 is 0 Å². The second-order valence-electron chi connectivity index (χ2n) is 20.0. The molecule has 0 saturated heterocycles. The Balaban J connectivity index is 1.05. The third kappa shape index (κ3) is 7.83. The molecule has 0 fully saturated rings. The summed E-state index contributed by atoms with van der Waals surface area (Å²) in [6.07, 6.45) is 0. The number of fused-ring (bicyclic) bond motifs is 4. The zero-order valence-corrected chi connectivity index (χ0v) is 41.8. The van der Waals surface area contributed by atoms with Crippen molar-refractivity contribution in [1.82, 2.24) is 15.0 Å². The summed E-state index contributed by atoms with van der Waals surface area (Å²) in [6, 6.07) is 104. The largest absolute Gasteiger partial charge is 0.241 e. The molecule has 0 atom stereocenters. The first-order valence-corrected chi connectivity index (χ1v) is 26.4. The zero-order valence-electron chi connectivity index (χ0n) is 41.8. The molecule has 14 rings (SSSR count). The first kappa shape index (κ1) is 45.2. The van der Waals surface area contributed by atoms with Crippen molar-refractivity contribution in [3.8, 4) is 56.4 Å². The third-order valence-electron chi connectivity index (χ3n) is 15.8. The molecule has 0 aliphatic carbocycles. The Morgan fingerprint density at radius 2 is 0.500 bits per heavy atom. The van der Waals surface area contributed by atoms with Crippen LogP contribution >= 0.6 is 0 Å². The minimum atomic E-state index is -0.149. The second kappa shape index (κ2) is 19.4. The number of benzene rings is 11. The van der Waals surface area contributed by atoms with E-state index in [1.54, 1.807) is 0 Å². The molecule has 11 aromatic carbocycles. The highest BCUT2D eigenvalue weighted by Crippen LogP contribution is 2.47. The minimum Gasteiger partial charge on any atom is -0.208 e. The van der Waals surface area contributed by atoms with Crippen LogP contribution in [-0.4, -0.2) is 28.4 Å². The van der Waals surface area contributed by atoms with Crippen LogP contribution in [0, 0.1) is 0 Å². The lowest BCUT2D eigenvalue weighted by atomic mass is 9.32. The van der Waals surface area contributed by atoms with E-state index in [1.165, 1.54) is 55.0 Å². The third-order valence-corrected chi connectivity index (χ3v) is 15.8. The number of nitrogens with zero attached hydrogens (tertiary/aromatic N) is 3. The Kier molecular flexibility index (Phi) is 11.6. The van der Waals surface area contributed by atoms with Crippen molar-refractivity contribution in [3.63, 3.8) is 0 Å². The predicted octanol–water partition coefficient (Wildman–Crippen LogP) is 12.2. The van der Waals surface area contributed by atoms with Crippen LogP contribution in [0.4, 0.5) is 0 Å². The molecule has 3 nitrogen and oxygen atoms in total. The molecular weight excluding hydrogens is 916 g/mol. The predicted molar refractivity (Wildman–Crippen MR) is 317 cm³/mol. The van der Waals surface area contributed by atoms with E-state index in [4.69, 9.17) is 15.0 Å². The molecule has 76 heavy (non-hydrogen) atoms. The van der Waals surface area contributed by atoms with Crippen LogP contribution in [0.3, 0.4) is 0 Å². The Hall–Kier alpha value is -9.44. The molecule has 0 amide bonds. The quantitative estimate of drug-likeness (QED) is 0.135. The molecule has 2 aliphatic rings. The van der Waals surface area contributed by atoms with E-state index < -0.39 is 0 Å². The van der Waals surface area contributed by atoms with E-state index in [-0.39, 0.29) is 25.3 Å². The van der Waals surface area contributed by atoms with Gasteiger partial charge in [0.1, 0.15) is 0 Å². The summed E-state index contributed by atoms with van der Waals surface area (Å²) >= 11 is 0. The lowest BCUT2D eigenvalue weighted by Gasteiger charge is -2.35. The van der Waals surface area contributed by atoms with Gasteiger partial charge in [-0.05, 0) is 55.6 Å². The standard InChI is InChI=1S/C71H49B2N3/c1-6-26-48(27-7-1)53-40-24-42-59(65(53)67-55-36-16-20-44-61(55)72(51-32-12-4-13-33-51)62-45-21-17-37-56(62)67)70-74-69(50-30-10-3-11-31-50)75-71(76-70)60-43-25-41-54(49-28-8-2-9-29-49)66(60)68-57-38-18-22-46-63(57)73(52-34-14-5-15-35-52)64-47-23-19-39-58(64)68/h1-47,67-68H. The summed E-state index contributed by atoms with van der Waals surface area (Å²) in [5.41, 5.74) is 22.6. The van der Waals surface area contributed by atoms with Crippen LogP contribution in [0.5, 0.6) is 0 Å². The molecule has 1 aromatic heterocycles. The Morgan fingerprint density at radius 1 is 0.224 bits per heavy atom. The van der Waals surface area contributed by atoms with Crippen LogP contribution in [0.1, 0.15) is 45.2 Å². The van der Waals surface area contributed by atoms with E-state index in [0.29, 0.717) is 17.5 Å². The molecule has 12 aromatic rings. The lowest BCUT2D eigenvalue weighted by molar-refractivity contribution is 0.971. The Bertz CT molecular complexity index is 3740. The molecular formula is C71H49B2N3. The van der Waals surface area contributed by atoms with Gasteiger partial charge < -0.3 is 0 Å². The maximum Gasteiger partial charge on any atom is 0.241 e. The van der Waals surface area contributed by atoms with Crippen molar-refractivity contribution in [2.45, 2.75) is 11.8 Å². The summed E-state index contributed by atoms with van der Waals surface area (Å²) in [5, 5.41) is 0. The van der Waals surface area contributed by atoms with Gasteiger partial charge in [-0.15, -0.1) is 0 Å². The molecule has 0 saturated carbocycles. The highest BCUT2D eigenvalue weighted by molar-refractivity contribution is 6.97. The van der Waals surface area contributed by atoms with Crippen LogP contribution in [0.15, 0.2) is 285 Å². The molecule has 0 radical (unpaired) electrons. The fraction of sp³-hybridized carbons (Fsp3) is 0.0282. The van der Waals surface area contributed by atoms with E-state index in [0.717, 1.165) is 50.1 Å². The van der Waals surface area contributed by atoms with Crippen molar-refractivity contribution >= 4 is 46.2 Å². The normalized spacial score (nSPS) is 12.8. The van der Waals surface area contributed by atoms with Crippen molar-refractivity contribution in [2.75, 3.05) is 0 Å². The lowest BCUT2D eigenvalue weighted by Crippen LogP contribution is -2.57. The average Bonchev–Trinajstić information content (AvgIpc) is 3.65. The van der Waals surface area contributed by atoms with Gasteiger partial charge in [0.2, 0.25) is 13.4 Å². The number of aromatic nitrogens is 3. The van der Waals surface area contributed by atoms with Crippen LogP contribution in [-0.2, 0) is 0 Å². The monoisotopic (exact) mass is 965 g/mol. The van der Waals surface area contributed by atoms with Crippen LogP contribution < -0.4 is 32.8 Å². The maximum atomic E-state index is 5.81. The van der Waals surface area contributed by atoms with E-state index in [1.807, 2.05) is 0 Å². The molecule has 354 valence electrons. The van der Waals surface area contributed by atoms with Gasteiger partial charge >= 0.3 is 0 Å². The second-order valence-corrected chi connectivity index (χ2v) is 20.0. The first-order chi connectivity index (χ1) is 37.8. The van der Waals surface area contributed by atoms with Gasteiger partial charge in [0, 0.05) is 28.5 Å². The van der Waals surface area contributed by atoms with Gasteiger partial charge in [0.05, 0.1) is 0 Å². The van der Waals surface area contributed by atoms with Crippen molar-refractivity contribution in [1.29, 1.82) is 0 Å². The molecule has 3 heterocycles. The fourth-order valence-corrected chi connectivity index (χ4v) is 12.7. The van der Waals surface area contributed by atoms with Crippen molar-refractivity contribution in [3.05, 3.63) is 318 Å². The first-order valence-electron chi connectivity index (χ1n) is 26.4. The summed E-state index contributed by atoms with van der Waals surface area (Å²) in [5.74, 6) is 1.57. The molecule has 0 spiro atoms. The number of hydrogen-bond acceptors (Lipinski definition) is 3. The molecule has 5 heteroatoms. The van der Waals surface area contributed by atoms with Gasteiger partial charge in [0.15, 0.2) is 17.5 Å². The summed E-state index contributed by atoms with van der Waals surface area (Å²) in [7, 11) is 0.